The van der Waals surface area contributed by atoms with E-state index in [4.69, 9.17) is 9.47 Å². The highest BCUT2D eigenvalue weighted by Gasteiger charge is 2.56. The molecule has 0 bridgehead atoms. The molecule has 4 aliphatic heterocycles. The molecule has 1 atom stereocenters. The van der Waals surface area contributed by atoms with Gasteiger partial charge >= 0.3 is 0 Å². The van der Waals surface area contributed by atoms with Crippen molar-refractivity contribution >= 4 is 63.2 Å². The Morgan fingerprint density at radius 2 is 1.50 bits per heavy atom. The van der Waals surface area contributed by atoms with Crippen LogP contribution >= 0.6 is 0 Å². The normalized spacial score (nSPS) is 19.4. The molecule has 70 heavy (non-hydrogen) atoms. The number of nitrogens with one attached hydrogen (secondary N) is 4. The molecule has 0 spiro atoms. The van der Waals surface area contributed by atoms with Gasteiger partial charge in [-0.3, -0.25) is 39.2 Å². The summed E-state index contributed by atoms with van der Waals surface area (Å²) in [5, 5.41) is 11.9. The van der Waals surface area contributed by atoms with Gasteiger partial charge < -0.3 is 40.1 Å². The molecule has 16 nitrogen and oxygen atoms in total. The Balaban J connectivity index is 0.673. The van der Waals surface area contributed by atoms with E-state index in [1.165, 1.54) is 35.2 Å². The van der Waals surface area contributed by atoms with Crippen LogP contribution in [0, 0.1) is 23.0 Å². The van der Waals surface area contributed by atoms with E-state index in [1.807, 2.05) is 6.07 Å². The van der Waals surface area contributed by atoms with Crippen molar-refractivity contribution in [1.82, 2.24) is 25.0 Å². The molecule has 5 aromatic rings. The zero-order chi connectivity index (χ0) is 48.5. The number of halogens is 2. The average Bonchev–Trinajstić information content (AvgIpc) is 4.13. The number of imide groups is 1. The van der Waals surface area contributed by atoms with Crippen molar-refractivity contribution < 1.29 is 42.2 Å². The van der Waals surface area contributed by atoms with E-state index < -0.39 is 46.7 Å². The molecule has 5 amide bonds. The highest BCUT2D eigenvalue weighted by atomic mass is 19.1. The number of piperidine rings is 2. The van der Waals surface area contributed by atoms with Gasteiger partial charge in [-0.05, 0) is 122 Å². The van der Waals surface area contributed by atoms with E-state index in [0.29, 0.717) is 59.4 Å². The molecular formula is C52H55F2N9O7. The Hall–Kier alpha value is -7.18. The van der Waals surface area contributed by atoms with Crippen LogP contribution in [-0.2, 0) is 25.7 Å². The fourth-order valence-electron chi connectivity index (χ4n) is 10.1. The van der Waals surface area contributed by atoms with E-state index >= 15 is 4.39 Å². The maximum atomic E-state index is 15.2. The summed E-state index contributed by atoms with van der Waals surface area (Å²) >= 11 is 0. The lowest BCUT2D eigenvalue weighted by atomic mass is 9.95. The van der Waals surface area contributed by atoms with Gasteiger partial charge in [0.05, 0.1) is 24.0 Å². The lowest BCUT2D eigenvalue weighted by Crippen LogP contribution is -2.52. The molecule has 364 valence electrons. The number of nitrogens with zero attached hydrogens (tertiary/aromatic N) is 5. The number of benzene rings is 4. The number of amides is 5. The standard InChI is InChI=1S/C52H55F2N9O7/c1-69-46-28-39-41(55-17-12-45(39)70-37-8-6-36(7-9-37)58-51(68)52(15-16-52)50(67)57-35-4-2-34(53)3-5-35)29-44(46)62-19-13-32(14-20-62)30-61-24-22-60(23-25-61)21-18-56-42-26-33-31-63(49(66)38(33)27-40(42)54)43-10-11-47(64)59-48(43)65/h2-9,12,17,26-29,32,43,56H,10-11,13-16,18-25,30-31H2,1H3,(H,57,67)(H,58,68)(H,59,64,65)/t43-/m0/s1. The number of rotatable bonds is 15. The van der Waals surface area contributed by atoms with Crippen molar-refractivity contribution in [3.05, 3.63) is 108 Å². The number of hydrogen-bond acceptors (Lipinski definition) is 12. The van der Waals surface area contributed by atoms with Crippen molar-refractivity contribution in [2.45, 2.75) is 51.1 Å². The molecule has 5 heterocycles. The number of methoxy groups -OCH3 is 1. The second-order valence-electron chi connectivity index (χ2n) is 18.9. The topological polar surface area (TPSA) is 178 Å². The number of ether oxygens (including phenoxy) is 2. The molecule has 0 radical (unpaired) electrons. The third kappa shape index (κ3) is 9.83. The molecule has 5 aliphatic rings. The number of aromatic nitrogens is 1. The summed E-state index contributed by atoms with van der Waals surface area (Å²) in [6.07, 6.45) is 5.08. The number of hydrogen-bond donors (Lipinski definition) is 4. The monoisotopic (exact) mass is 955 g/mol. The van der Waals surface area contributed by atoms with Crippen LogP contribution in [0.25, 0.3) is 10.9 Å². The van der Waals surface area contributed by atoms with Crippen molar-refractivity contribution in [2.75, 3.05) is 86.9 Å². The molecule has 10 rings (SSSR count). The summed E-state index contributed by atoms with van der Waals surface area (Å²) in [6, 6.07) is 20.4. The minimum atomic E-state index is -1.18. The van der Waals surface area contributed by atoms with Gasteiger partial charge in [0.1, 0.15) is 40.3 Å². The first-order valence-electron chi connectivity index (χ1n) is 24.0. The van der Waals surface area contributed by atoms with Crippen LogP contribution < -0.4 is 35.6 Å². The second kappa shape index (κ2) is 19.7. The Morgan fingerprint density at radius 3 is 2.17 bits per heavy atom. The highest BCUT2D eigenvalue weighted by Crippen LogP contribution is 2.48. The smallest absolute Gasteiger partial charge is 0.255 e. The molecule has 1 aliphatic carbocycles. The van der Waals surface area contributed by atoms with Gasteiger partial charge in [0.2, 0.25) is 23.6 Å². The van der Waals surface area contributed by atoms with E-state index in [0.717, 1.165) is 87.5 Å². The number of anilines is 4. The van der Waals surface area contributed by atoms with Gasteiger partial charge in [-0.1, -0.05) is 0 Å². The van der Waals surface area contributed by atoms with E-state index in [2.05, 4.69) is 47.0 Å². The van der Waals surface area contributed by atoms with Gasteiger partial charge in [-0.25, -0.2) is 8.78 Å². The largest absolute Gasteiger partial charge is 0.495 e. The average molecular weight is 956 g/mol. The first-order chi connectivity index (χ1) is 33.9. The van der Waals surface area contributed by atoms with Gasteiger partial charge in [-0.2, -0.15) is 0 Å². The number of fused-ring (bicyclic) bond motifs is 2. The molecule has 18 heteroatoms. The Morgan fingerprint density at radius 1 is 0.814 bits per heavy atom. The quantitative estimate of drug-likeness (QED) is 0.0674. The van der Waals surface area contributed by atoms with Crippen LogP contribution in [0.4, 0.5) is 31.5 Å². The SMILES string of the molecule is COc1cc2c(Oc3ccc(NC(=O)C4(C(=O)Nc5ccc(F)cc5)CC4)cc3)ccnc2cc1N1CCC(CN2CCN(CCNc3cc4c(cc3F)C(=O)N([C@H]3CCC(=O)NC3=O)C4)CC2)CC1. The lowest BCUT2D eigenvalue weighted by Gasteiger charge is -2.39. The molecule has 1 aromatic heterocycles. The Labute approximate surface area is 403 Å². The Kier molecular flexibility index (Phi) is 13.1. The first-order valence-corrected chi connectivity index (χ1v) is 24.0. The number of piperazine rings is 1. The minimum Gasteiger partial charge on any atom is -0.495 e. The lowest BCUT2D eigenvalue weighted by molar-refractivity contribution is -0.137. The van der Waals surface area contributed by atoms with E-state index in [1.54, 1.807) is 49.7 Å². The fourth-order valence-corrected chi connectivity index (χ4v) is 10.1. The predicted octanol–water partition coefficient (Wildman–Crippen LogP) is 6.38. The summed E-state index contributed by atoms with van der Waals surface area (Å²) in [4.78, 5) is 76.7. The van der Waals surface area contributed by atoms with Gasteiger partial charge in [0.25, 0.3) is 5.91 Å². The molecule has 4 fully saturated rings. The molecule has 3 saturated heterocycles. The summed E-state index contributed by atoms with van der Waals surface area (Å²) in [7, 11) is 1.67. The summed E-state index contributed by atoms with van der Waals surface area (Å²) < 4.78 is 40.8. The zero-order valence-electron chi connectivity index (χ0n) is 38.9. The van der Waals surface area contributed by atoms with Crippen molar-refractivity contribution in [2.24, 2.45) is 11.3 Å². The highest BCUT2D eigenvalue weighted by molar-refractivity contribution is 6.17. The van der Waals surface area contributed by atoms with Crippen molar-refractivity contribution in [1.29, 1.82) is 0 Å². The second-order valence-corrected chi connectivity index (χ2v) is 18.9. The maximum absolute atomic E-state index is 15.2. The summed E-state index contributed by atoms with van der Waals surface area (Å²) in [5.41, 5.74) is 2.79. The summed E-state index contributed by atoms with van der Waals surface area (Å²) in [5.74, 6) is -0.515. The first kappa shape index (κ1) is 46.5. The number of pyridine rings is 1. The molecule has 4 N–H and O–H groups in total. The minimum absolute atomic E-state index is 0.164. The van der Waals surface area contributed by atoms with E-state index in [9.17, 15) is 28.4 Å². The van der Waals surface area contributed by atoms with Crippen LogP contribution in [0.3, 0.4) is 0 Å². The predicted molar refractivity (Wildman–Crippen MR) is 259 cm³/mol. The van der Waals surface area contributed by atoms with Crippen molar-refractivity contribution in [3.8, 4) is 17.2 Å². The summed E-state index contributed by atoms with van der Waals surface area (Å²) in [6.45, 7) is 8.07. The molecular weight excluding hydrogens is 901 g/mol. The maximum Gasteiger partial charge on any atom is 0.255 e. The number of carbonyl (C=O) groups excluding carboxylic acids is 5. The zero-order valence-corrected chi connectivity index (χ0v) is 38.9. The third-order valence-corrected chi connectivity index (χ3v) is 14.4. The van der Waals surface area contributed by atoms with Crippen LogP contribution in [0.5, 0.6) is 17.2 Å². The van der Waals surface area contributed by atoms with Crippen LogP contribution in [-0.4, -0.2) is 121 Å². The molecule has 1 saturated carbocycles. The molecule has 4 aromatic carbocycles. The van der Waals surface area contributed by atoms with Crippen LogP contribution in [0.1, 0.15) is 54.4 Å². The van der Waals surface area contributed by atoms with Crippen LogP contribution in [0.2, 0.25) is 0 Å². The van der Waals surface area contributed by atoms with Gasteiger partial charge in [0.15, 0.2) is 0 Å². The molecule has 0 unspecified atom stereocenters. The van der Waals surface area contributed by atoms with Crippen LogP contribution in [0.15, 0.2) is 85.1 Å². The van der Waals surface area contributed by atoms with Gasteiger partial charge in [0, 0.05) is 100 Å². The van der Waals surface area contributed by atoms with Crippen molar-refractivity contribution in [3.63, 3.8) is 0 Å². The fraction of sp³-hybridized carbons (Fsp3) is 0.385. The van der Waals surface area contributed by atoms with Gasteiger partial charge in [-0.15, -0.1) is 0 Å². The third-order valence-electron chi connectivity index (χ3n) is 14.4. The number of carbonyl (C=O) groups is 5. The van der Waals surface area contributed by atoms with E-state index in [-0.39, 0.29) is 30.9 Å². The Bertz CT molecular complexity index is 2830.